The Labute approximate surface area is 103 Å². The quantitative estimate of drug-likeness (QED) is 0.674. The van der Waals surface area contributed by atoms with E-state index in [1.807, 2.05) is 6.07 Å². The molecule has 0 bridgehead atoms. The summed E-state index contributed by atoms with van der Waals surface area (Å²) >= 11 is 0. The van der Waals surface area contributed by atoms with Crippen LogP contribution in [0.1, 0.15) is 10.5 Å². The van der Waals surface area contributed by atoms with Crippen LogP contribution < -0.4 is 0 Å². The number of nitrogens with zero attached hydrogens (tertiary/aromatic N) is 1. The predicted molar refractivity (Wildman–Crippen MR) is 68.6 cm³/mol. The Hall–Kier alpha value is -2.62. The number of aromatic amines is 1. The fourth-order valence-electron chi connectivity index (χ4n) is 2.08. The average molecular weight is 238 g/mol. The van der Waals surface area contributed by atoms with E-state index in [4.69, 9.17) is 0 Å². The van der Waals surface area contributed by atoms with E-state index in [2.05, 4.69) is 9.97 Å². The fraction of sp³-hybridized carbons (Fsp3) is 0. The molecule has 0 amide bonds. The number of pyridine rings is 1. The van der Waals surface area contributed by atoms with Crippen LogP contribution in [-0.4, -0.2) is 21.4 Å². The average Bonchev–Trinajstić information content (AvgIpc) is 2.78. The summed E-state index contributed by atoms with van der Waals surface area (Å²) in [5, 5.41) is 10.2. The summed E-state index contributed by atoms with van der Waals surface area (Å²) in [5.74, 6) is 0.198. The van der Waals surface area contributed by atoms with E-state index in [1.54, 1.807) is 36.7 Å². The van der Waals surface area contributed by atoms with Crippen molar-refractivity contribution >= 4 is 17.2 Å². The number of fused-ring (bicyclic) bond motifs is 1. The number of carbonyl (C=O) groups is 1. The maximum atomic E-state index is 11.1. The summed E-state index contributed by atoms with van der Waals surface area (Å²) in [6.45, 7) is 0. The Morgan fingerprint density at radius 3 is 2.67 bits per heavy atom. The van der Waals surface area contributed by atoms with Crippen molar-refractivity contribution in [1.82, 2.24) is 9.97 Å². The van der Waals surface area contributed by atoms with Crippen LogP contribution in [0.2, 0.25) is 0 Å². The molecule has 2 aromatic heterocycles. The Bertz CT molecular complexity index is 714. The molecule has 3 rings (SSSR count). The van der Waals surface area contributed by atoms with Crippen LogP contribution in [0.15, 0.2) is 42.7 Å². The number of aldehydes is 1. The lowest BCUT2D eigenvalue weighted by Crippen LogP contribution is -1.84. The first-order valence-electron chi connectivity index (χ1n) is 5.50. The van der Waals surface area contributed by atoms with Crippen LogP contribution in [0.25, 0.3) is 22.0 Å². The lowest BCUT2D eigenvalue weighted by Gasteiger charge is -2.01. The van der Waals surface area contributed by atoms with Crippen LogP contribution in [0, 0.1) is 0 Å². The number of hydrogen-bond donors (Lipinski definition) is 2. The molecule has 0 atom stereocenters. The Morgan fingerprint density at radius 2 is 1.94 bits per heavy atom. The van der Waals surface area contributed by atoms with Gasteiger partial charge in [-0.05, 0) is 23.8 Å². The molecule has 88 valence electrons. The monoisotopic (exact) mass is 238 g/mol. The van der Waals surface area contributed by atoms with Crippen molar-refractivity contribution in [2.45, 2.75) is 0 Å². The van der Waals surface area contributed by atoms with E-state index in [0.29, 0.717) is 5.69 Å². The molecular formula is C14H10N2O2. The van der Waals surface area contributed by atoms with Crippen LogP contribution in [0.4, 0.5) is 0 Å². The van der Waals surface area contributed by atoms with Gasteiger partial charge in [-0.25, -0.2) is 0 Å². The predicted octanol–water partition coefficient (Wildman–Crippen LogP) is 2.75. The van der Waals surface area contributed by atoms with Crippen LogP contribution in [0.3, 0.4) is 0 Å². The summed E-state index contributed by atoms with van der Waals surface area (Å²) in [6, 6.07) is 8.57. The Morgan fingerprint density at radius 1 is 1.17 bits per heavy atom. The van der Waals surface area contributed by atoms with Gasteiger partial charge < -0.3 is 10.1 Å². The number of nitrogens with one attached hydrogen (secondary N) is 1. The van der Waals surface area contributed by atoms with Crippen LogP contribution in [-0.2, 0) is 0 Å². The fourth-order valence-corrected chi connectivity index (χ4v) is 2.08. The van der Waals surface area contributed by atoms with Crippen molar-refractivity contribution in [2.24, 2.45) is 0 Å². The molecule has 0 spiro atoms. The number of phenols is 1. The highest BCUT2D eigenvalue weighted by Gasteiger charge is 2.12. The topological polar surface area (TPSA) is 66.0 Å². The molecule has 0 aliphatic heterocycles. The third-order valence-electron chi connectivity index (χ3n) is 2.90. The zero-order valence-electron chi connectivity index (χ0n) is 9.42. The lowest BCUT2D eigenvalue weighted by molar-refractivity contribution is 0.112. The molecule has 0 aliphatic rings. The number of phenolic OH excluding ortho intramolecular Hbond substituents is 1. The van der Waals surface area contributed by atoms with E-state index in [9.17, 15) is 9.90 Å². The Kier molecular flexibility index (Phi) is 2.34. The van der Waals surface area contributed by atoms with E-state index < -0.39 is 0 Å². The summed E-state index contributed by atoms with van der Waals surface area (Å²) in [7, 11) is 0. The van der Waals surface area contributed by atoms with Gasteiger partial charge >= 0.3 is 0 Å². The zero-order chi connectivity index (χ0) is 12.5. The maximum absolute atomic E-state index is 11.1. The van der Waals surface area contributed by atoms with Gasteiger partial charge in [0.25, 0.3) is 0 Å². The molecule has 4 heteroatoms. The van der Waals surface area contributed by atoms with Gasteiger partial charge in [0, 0.05) is 28.9 Å². The molecule has 3 aromatic rings. The second kappa shape index (κ2) is 4.00. The van der Waals surface area contributed by atoms with E-state index in [0.717, 1.165) is 28.3 Å². The van der Waals surface area contributed by atoms with Crippen molar-refractivity contribution < 1.29 is 9.90 Å². The van der Waals surface area contributed by atoms with Gasteiger partial charge in [0.1, 0.15) is 5.75 Å². The molecule has 4 nitrogen and oxygen atoms in total. The van der Waals surface area contributed by atoms with E-state index in [1.165, 1.54) is 0 Å². The number of aromatic nitrogens is 2. The highest BCUT2D eigenvalue weighted by Crippen LogP contribution is 2.31. The number of carbonyl (C=O) groups excluding carboxylic acids is 1. The third kappa shape index (κ3) is 1.55. The van der Waals surface area contributed by atoms with Gasteiger partial charge in [0.05, 0.1) is 5.69 Å². The standard InChI is InChI=1S/C14H10N2O2/c17-8-13-14(9-1-3-10(18)4-2-9)11-7-15-6-5-12(11)16-13/h1-8,16,18H. The molecule has 0 unspecified atom stereocenters. The van der Waals surface area contributed by atoms with E-state index >= 15 is 0 Å². The number of benzene rings is 1. The minimum Gasteiger partial charge on any atom is -0.508 e. The van der Waals surface area contributed by atoms with Crippen molar-refractivity contribution in [2.75, 3.05) is 0 Å². The second-order valence-corrected chi connectivity index (χ2v) is 4.00. The SMILES string of the molecule is O=Cc1[nH]c2ccncc2c1-c1ccc(O)cc1. The van der Waals surface area contributed by atoms with Crippen molar-refractivity contribution in [3.05, 3.63) is 48.4 Å². The molecule has 2 N–H and O–H groups in total. The summed E-state index contributed by atoms with van der Waals surface area (Å²) < 4.78 is 0. The number of aromatic hydroxyl groups is 1. The van der Waals surface area contributed by atoms with Crippen molar-refractivity contribution in [3.63, 3.8) is 0 Å². The van der Waals surface area contributed by atoms with Gasteiger partial charge in [-0.3, -0.25) is 9.78 Å². The minimum atomic E-state index is 0.198. The molecule has 0 radical (unpaired) electrons. The molecule has 1 aromatic carbocycles. The van der Waals surface area contributed by atoms with Gasteiger partial charge in [0.2, 0.25) is 0 Å². The van der Waals surface area contributed by atoms with E-state index in [-0.39, 0.29) is 5.75 Å². The highest BCUT2D eigenvalue weighted by molar-refractivity contribution is 6.03. The molecule has 0 fully saturated rings. The highest BCUT2D eigenvalue weighted by atomic mass is 16.3. The number of H-pyrrole nitrogens is 1. The molecule has 18 heavy (non-hydrogen) atoms. The summed E-state index contributed by atoms with van der Waals surface area (Å²) in [4.78, 5) is 18.3. The first-order chi connectivity index (χ1) is 8.79. The second-order valence-electron chi connectivity index (χ2n) is 4.00. The molecule has 2 heterocycles. The normalized spacial score (nSPS) is 10.7. The van der Waals surface area contributed by atoms with Crippen LogP contribution >= 0.6 is 0 Å². The Balaban J connectivity index is 2.32. The van der Waals surface area contributed by atoms with Gasteiger partial charge in [-0.1, -0.05) is 12.1 Å². The smallest absolute Gasteiger partial charge is 0.166 e. The van der Waals surface area contributed by atoms with Gasteiger partial charge in [-0.15, -0.1) is 0 Å². The third-order valence-corrected chi connectivity index (χ3v) is 2.90. The zero-order valence-corrected chi connectivity index (χ0v) is 9.42. The number of hydrogen-bond acceptors (Lipinski definition) is 3. The number of rotatable bonds is 2. The molecular weight excluding hydrogens is 228 g/mol. The molecule has 0 aliphatic carbocycles. The molecule has 0 saturated carbocycles. The molecule has 0 saturated heterocycles. The lowest BCUT2D eigenvalue weighted by atomic mass is 10.0. The summed E-state index contributed by atoms with van der Waals surface area (Å²) in [5.41, 5.74) is 3.07. The summed E-state index contributed by atoms with van der Waals surface area (Å²) in [6.07, 6.45) is 4.19. The van der Waals surface area contributed by atoms with Gasteiger partial charge in [0.15, 0.2) is 6.29 Å². The van der Waals surface area contributed by atoms with Gasteiger partial charge in [-0.2, -0.15) is 0 Å². The van der Waals surface area contributed by atoms with Crippen molar-refractivity contribution in [3.8, 4) is 16.9 Å². The first kappa shape index (κ1) is 10.5. The largest absolute Gasteiger partial charge is 0.508 e. The maximum Gasteiger partial charge on any atom is 0.166 e. The van der Waals surface area contributed by atoms with Crippen molar-refractivity contribution in [1.29, 1.82) is 0 Å². The first-order valence-corrected chi connectivity index (χ1v) is 5.50. The van der Waals surface area contributed by atoms with Crippen LogP contribution in [0.5, 0.6) is 5.75 Å². The minimum absolute atomic E-state index is 0.198.